The zero-order valence-corrected chi connectivity index (χ0v) is 13.2. The lowest BCUT2D eigenvalue weighted by atomic mass is 9.81. The molecule has 21 heavy (non-hydrogen) atoms. The maximum atomic E-state index is 14.0. The minimum Gasteiger partial charge on any atom is -0.463 e. The number of nitrogens with zero attached hydrogens (tertiary/aromatic N) is 1. The number of rotatable bonds is 4. The molecular formula is C15H23F2NO3. The van der Waals surface area contributed by atoms with Crippen LogP contribution in [-0.2, 0) is 14.4 Å². The second kappa shape index (κ2) is 4.92. The summed E-state index contributed by atoms with van der Waals surface area (Å²) in [6.45, 7) is 9.21. The van der Waals surface area contributed by atoms with E-state index in [1.807, 2.05) is 20.8 Å². The number of halogens is 2. The van der Waals surface area contributed by atoms with Crippen LogP contribution in [0.3, 0.4) is 0 Å². The fraction of sp³-hybridized carbons (Fsp3) is 0.867. The lowest BCUT2D eigenvalue weighted by Crippen LogP contribution is -2.45. The summed E-state index contributed by atoms with van der Waals surface area (Å²) >= 11 is 0. The predicted molar refractivity (Wildman–Crippen MR) is 74.2 cm³/mol. The van der Waals surface area contributed by atoms with E-state index in [0.29, 0.717) is 12.1 Å². The Morgan fingerprint density at radius 3 is 2.43 bits per heavy atom. The van der Waals surface area contributed by atoms with Crippen LogP contribution in [0, 0.1) is 17.3 Å². The molecule has 6 heteroatoms. The molecule has 4 nitrogen and oxygen atoms in total. The van der Waals surface area contributed by atoms with Gasteiger partial charge in [0.05, 0.1) is 18.2 Å². The van der Waals surface area contributed by atoms with Crippen LogP contribution in [0.2, 0.25) is 0 Å². The Bertz CT molecular complexity index is 470. The van der Waals surface area contributed by atoms with Crippen LogP contribution in [0.5, 0.6) is 0 Å². The largest absolute Gasteiger partial charge is 0.463 e. The predicted octanol–water partition coefficient (Wildman–Crippen LogP) is 3.40. The molecule has 1 saturated carbocycles. The van der Waals surface area contributed by atoms with Gasteiger partial charge in [0.15, 0.2) is 0 Å². The molecule has 0 radical (unpaired) electrons. The molecule has 0 bridgehead atoms. The minimum absolute atomic E-state index is 0.0755. The summed E-state index contributed by atoms with van der Waals surface area (Å²) in [6.07, 6.45) is 0.374. The van der Waals surface area contributed by atoms with Gasteiger partial charge in [0.2, 0.25) is 5.60 Å². The number of alkyl halides is 2. The summed E-state index contributed by atoms with van der Waals surface area (Å²) in [5.74, 6) is -5.63. The van der Waals surface area contributed by atoms with Crippen LogP contribution in [-0.4, -0.2) is 29.8 Å². The van der Waals surface area contributed by atoms with Gasteiger partial charge in [0.1, 0.15) is 0 Å². The van der Waals surface area contributed by atoms with Crippen LogP contribution < -0.4 is 0 Å². The molecule has 0 amide bonds. The first kappa shape index (κ1) is 16.2. The normalized spacial score (nSPS) is 34.1. The minimum atomic E-state index is -2.90. The number of oxime groups is 1. The molecular weight excluding hydrogens is 280 g/mol. The number of carbonyl (C=O) groups is 1. The van der Waals surface area contributed by atoms with Crippen molar-refractivity contribution in [2.45, 2.75) is 59.0 Å². The SMILES string of the molecule is CCOC(=O)C1(C2C(CC)C2(F)F)CC(C(C)(C)C)=NO1. The highest BCUT2D eigenvalue weighted by Gasteiger charge is 2.79. The molecule has 1 heterocycles. The highest BCUT2D eigenvalue weighted by molar-refractivity contribution is 5.97. The smallest absolute Gasteiger partial charge is 0.354 e. The summed E-state index contributed by atoms with van der Waals surface area (Å²) in [7, 11) is 0. The summed E-state index contributed by atoms with van der Waals surface area (Å²) in [6, 6.07) is 0. The van der Waals surface area contributed by atoms with Crippen LogP contribution in [0.4, 0.5) is 8.78 Å². The molecule has 2 rings (SSSR count). The van der Waals surface area contributed by atoms with Gasteiger partial charge in [-0.3, -0.25) is 0 Å². The number of ether oxygens (including phenoxy) is 1. The van der Waals surface area contributed by atoms with Crippen molar-refractivity contribution in [1.29, 1.82) is 0 Å². The van der Waals surface area contributed by atoms with E-state index in [-0.39, 0.29) is 18.4 Å². The molecule has 0 saturated heterocycles. The molecule has 0 spiro atoms. The maximum Gasteiger partial charge on any atom is 0.354 e. The van der Waals surface area contributed by atoms with E-state index < -0.39 is 29.3 Å². The zero-order valence-electron chi connectivity index (χ0n) is 13.2. The summed E-state index contributed by atoms with van der Waals surface area (Å²) in [5.41, 5.74) is -1.38. The first-order valence-electron chi connectivity index (χ1n) is 7.41. The van der Waals surface area contributed by atoms with Crippen molar-refractivity contribution in [3.63, 3.8) is 0 Å². The third-order valence-corrected chi connectivity index (χ3v) is 4.38. The van der Waals surface area contributed by atoms with E-state index in [2.05, 4.69) is 5.16 Å². The Morgan fingerprint density at radius 2 is 2.05 bits per heavy atom. The van der Waals surface area contributed by atoms with Crippen molar-refractivity contribution in [3.8, 4) is 0 Å². The summed E-state index contributed by atoms with van der Waals surface area (Å²) < 4.78 is 33.1. The number of esters is 1. The van der Waals surface area contributed by atoms with Gasteiger partial charge in [-0.1, -0.05) is 32.9 Å². The van der Waals surface area contributed by atoms with Crippen LogP contribution in [0.1, 0.15) is 47.5 Å². The first-order chi connectivity index (χ1) is 9.61. The van der Waals surface area contributed by atoms with Crippen molar-refractivity contribution in [2.75, 3.05) is 6.61 Å². The Morgan fingerprint density at radius 1 is 1.43 bits per heavy atom. The van der Waals surface area contributed by atoms with E-state index >= 15 is 0 Å². The quantitative estimate of drug-likeness (QED) is 0.748. The highest BCUT2D eigenvalue weighted by Crippen LogP contribution is 2.64. The molecule has 1 aliphatic heterocycles. The van der Waals surface area contributed by atoms with Crippen molar-refractivity contribution < 1.29 is 23.1 Å². The molecule has 0 N–H and O–H groups in total. The van der Waals surface area contributed by atoms with Crippen molar-refractivity contribution in [1.82, 2.24) is 0 Å². The van der Waals surface area contributed by atoms with E-state index in [4.69, 9.17) is 9.57 Å². The lowest BCUT2D eigenvalue weighted by Gasteiger charge is -2.25. The van der Waals surface area contributed by atoms with Gasteiger partial charge in [-0.05, 0) is 13.3 Å². The molecule has 0 aromatic heterocycles. The zero-order chi connectivity index (χ0) is 16.1. The van der Waals surface area contributed by atoms with E-state index in [1.165, 1.54) is 0 Å². The average Bonchev–Trinajstić information content (AvgIpc) is 2.75. The summed E-state index contributed by atoms with van der Waals surface area (Å²) in [5, 5.41) is 3.94. The maximum absolute atomic E-state index is 14.0. The van der Waals surface area contributed by atoms with Crippen LogP contribution >= 0.6 is 0 Å². The number of hydrogen-bond donors (Lipinski definition) is 0. The Balaban J connectivity index is 2.31. The van der Waals surface area contributed by atoms with E-state index in [0.717, 1.165) is 0 Å². The van der Waals surface area contributed by atoms with Gasteiger partial charge in [0.25, 0.3) is 5.92 Å². The molecule has 120 valence electrons. The van der Waals surface area contributed by atoms with Crippen molar-refractivity contribution >= 4 is 11.7 Å². The average molecular weight is 303 g/mol. The fourth-order valence-corrected chi connectivity index (χ4v) is 3.04. The molecule has 3 atom stereocenters. The Labute approximate surface area is 123 Å². The standard InChI is InChI=1S/C15H23F2NO3/c1-6-9-11(15(9,16)17)14(12(19)20-7-2)8-10(18-21-14)13(3,4)5/h9,11H,6-8H2,1-5H3. The van der Waals surface area contributed by atoms with Gasteiger partial charge in [0, 0.05) is 17.8 Å². The number of carbonyl (C=O) groups excluding carboxylic acids is 1. The van der Waals surface area contributed by atoms with E-state index in [1.54, 1.807) is 13.8 Å². The first-order valence-corrected chi connectivity index (χ1v) is 7.41. The molecule has 0 aromatic carbocycles. The second-order valence-electron chi connectivity index (χ2n) is 6.83. The topological polar surface area (TPSA) is 47.9 Å². The fourth-order valence-electron chi connectivity index (χ4n) is 3.04. The molecule has 1 aliphatic carbocycles. The van der Waals surface area contributed by atoms with Gasteiger partial charge in [-0.15, -0.1) is 0 Å². The lowest BCUT2D eigenvalue weighted by molar-refractivity contribution is -0.175. The summed E-state index contributed by atoms with van der Waals surface area (Å²) in [4.78, 5) is 17.6. The van der Waals surface area contributed by atoms with Gasteiger partial charge in [-0.2, -0.15) is 0 Å². The number of hydrogen-bond acceptors (Lipinski definition) is 4. The van der Waals surface area contributed by atoms with Gasteiger partial charge >= 0.3 is 5.97 Å². The highest BCUT2D eigenvalue weighted by atomic mass is 19.3. The molecule has 1 fully saturated rings. The van der Waals surface area contributed by atoms with Crippen molar-refractivity contribution in [3.05, 3.63) is 0 Å². The molecule has 3 unspecified atom stereocenters. The Kier molecular flexibility index (Phi) is 3.79. The molecule has 0 aromatic rings. The third kappa shape index (κ3) is 2.42. The van der Waals surface area contributed by atoms with Crippen molar-refractivity contribution in [2.24, 2.45) is 22.4 Å². The van der Waals surface area contributed by atoms with E-state index in [9.17, 15) is 13.6 Å². The third-order valence-electron chi connectivity index (χ3n) is 4.38. The van der Waals surface area contributed by atoms with Crippen LogP contribution in [0.15, 0.2) is 5.16 Å². The van der Waals surface area contributed by atoms with Gasteiger partial charge in [-0.25, -0.2) is 13.6 Å². The molecule has 2 aliphatic rings. The monoisotopic (exact) mass is 303 g/mol. The second-order valence-corrected chi connectivity index (χ2v) is 6.83. The van der Waals surface area contributed by atoms with Crippen LogP contribution in [0.25, 0.3) is 0 Å². The Hall–Kier alpha value is -1.20. The van der Waals surface area contributed by atoms with Gasteiger partial charge < -0.3 is 9.57 Å².